The smallest absolute Gasteiger partial charge is 0.326 e. The number of carbonyl (C=O) groups is 2. The summed E-state index contributed by atoms with van der Waals surface area (Å²) in [6.45, 7) is 0.524. The molecule has 3 amide bonds. The van der Waals surface area contributed by atoms with Crippen molar-refractivity contribution in [2.24, 2.45) is 0 Å². The highest BCUT2D eigenvalue weighted by Crippen LogP contribution is 2.15. The Bertz CT molecular complexity index is 737. The Balaban J connectivity index is 1.56. The molecule has 5 heteroatoms. The molecule has 0 saturated carbocycles. The van der Waals surface area contributed by atoms with Crippen molar-refractivity contribution in [3.05, 3.63) is 77.5 Å². The lowest BCUT2D eigenvalue weighted by atomic mass is 10.1. The van der Waals surface area contributed by atoms with Crippen LogP contribution in [0.5, 0.6) is 5.75 Å². The quantitative estimate of drug-likeness (QED) is 0.659. The third-order valence-corrected chi connectivity index (χ3v) is 3.43. The first kappa shape index (κ1) is 14.8. The van der Waals surface area contributed by atoms with Gasteiger partial charge < -0.3 is 10.1 Å². The maximum absolute atomic E-state index is 11.4. The molecule has 0 bridgehead atoms. The van der Waals surface area contributed by atoms with Crippen LogP contribution in [0.15, 0.2) is 66.4 Å². The van der Waals surface area contributed by atoms with Gasteiger partial charge in [0.05, 0.1) is 0 Å². The SMILES string of the molecule is O=C1NC(=O)C(=CCc2ccc(OCc3ccccc3)cc2)N1. The fourth-order valence-electron chi connectivity index (χ4n) is 2.21. The normalized spacial score (nSPS) is 15.4. The third kappa shape index (κ3) is 3.97. The molecule has 1 saturated heterocycles. The van der Waals surface area contributed by atoms with Gasteiger partial charge in [-0.1, -0.05) is 48.5 Å². The van der Waals surface area contributed by atoms with Crippen LogP contribution in [0.2, 0.25) is 0 Å². The highest BCUT2D eigenvalue weighted by Gasteiger charge is 2.22. The fraction of sp³-hybridized carbons (Fsp3) is 0.111. The van der Waals surface area contributed by atoms with Crippen molar-refractivity contribution in [1.29, 1.82) is 0 Å². The molecular weight excluding hydrogens is 292 g/mol. The molecule has 23 heavy (non-hydrogen) atoms. The summed E-state index contributed by atoms with van der Waals surface area (Å²) in [5, 5.41) is 4.63. The molecule has 5 nitrogen and oxygen atoms in total. The Morgan fingerprint density at radius 3 is 2.26 bits per heavy atom. The summed E-state index contributed by atoms with van der Waals surface area (Å²) >= 11 is 0. The molecule has 0 unspecified atom stereocenters. The molecule has 116 valence electrons. The number of allylic oxidation sites excluding steroid dienone is 1. The fourth-order valence-corrected chi connectivity index (χ4v) is 2.21. The summed E-state index contributed by atoms with van der Waals surface area (Å²) < 4.78 is 5.72. The number of carbonyl (C=O) groups excluding carboxylic acids is 2. The van der Waals surface area contributed by atoms with Gasteiger partial charge in [0.15, 0.2) is 0 Å². The maximum Gasteiger partial charge on any atom is 0.326 e. The van der Waals surface area contributed by atoms with Gasteiger partial charge in [-0.25, -0.2) is 4.79 Å². The van der Waals surface area contributed by atoms with Crippen LogP contribution in [0.4, 0.5) is 4.79 Å². The topological polar surface area (TPSA) is 67.4 Å². The highest BCUT2D eigenvalue weighted by molar-refractivity contribution is 6.11. The first-order chi connectivity index (χ1) is 11.2. The lowest BCUT2D eigenvalue weighted by Gasteiger charge is -2.07. The summed E-state index contributed by atoms with van der Waals surface area (Å²) in [5.41, 5.74) is 2.43. The van der Waals surface area contributed by atoms with E-state index in [1.807, 2.05) is 54.6 Å². The molecule has 1 aliphatic rings. The zero-order valence-electron chi connectivity index (χ0n) is 12.4. The summed E-state index contributed by atoms with van der Waals surface area (Å²) in [7, 11) is 0. The van der Waals surface area contributed by atoms with Crippen molar-refractivity contribution < 1.29 is 14.3 Å². The molecule has 2 aromatic carbocycles. The Morgan fingerprint density at radius 2 is 1.61 bits per heavy atom. The van der Waals surface area contributed by atoms with Gasteiger partial charge in [-0.15, -0.1) is 0 Å². The van der Waals surface area contributed by atoms with E-state index in [0.29, 0.717) is 18.7 Å². The first-order valence-corrected chi connectivity index (χ1v) is 7.29. The van der Waals surface area contributed by atoms with E-state index in [1.165, 1.54) is 0 Å². The number of nitrogens with one attached hydrogen (secondary N) is 2. The molecule has 1 aliphatic heterocycles. The average molecular weight is 308 g/mol. The van der Waals surface area contributed by atoms with Gasteiger partial charge in [-0.3, -0.25) is 10.1 Å². The Morgan fingerprint density at radius 1 is 0.870 bits per heavy atom. The van der Waals surface area contributed by atoms with Crippen LogP contribution >= 0.6 is 0 Å². The molecule has 0 spiro atoms. The van der Waals surface area contributed by atoms with E-state index in [1.54, 1.807) is 6.08 Å². The van der Waals surface area contributed by atoms with Crippen molar-refractivity contribution in [3.8, 4) is 5.75 Å². The molecular formula is C18H16N2O3. The number of hydrogen-bond acceptors (Lipinski definition) is 3. The lowest BCUT2D eigenvalue weighted by molar-refractivity contribution is -0.115. The number of rotatable bonds is 5. The number of benzene rings is 2. The molecule has 3 rings (SSSR count). The number of urea groups is 1. The predicted octanol–water partition coefficient (Wildman–Crippen LogP) is 2.53. The minimum absolute atomic E-state index is 0.291. The largest absolute Gasteiger partial charge is 0.489 e. The van der Waals surface area contributed by atoms with E-state index in [2.05, 4.69) is 10.6 Å². The van der Waals surface area contributed by atoms with Crippen molar-refractivity contribution in [1.82, 2.24) is 10.6 Å². The molecule has 0 aliphatic carbocycles. The van der Waals surface area contributed by atoms with Crippen molar-refractivity contribution in [2.45, 2.75) is 13.0 Å². The monoisotopic (exact) mass is 308 g/mol. The molecule has 0 radical (unpaired) electrons. The van der Waals surface area contributed by atoms with Gasteiger partial charge in [-0.2, -0.15) is 0 Å². The summed E-state index contributed by atoms with van der Waals surface area (Å²) in [5.74, 6) is 0.398. The molecule has 1 fully saturated rings. The predicted molar refractivity (Wildman–Crippen MR) is 85.7 cm³/mol. The Hall–Kier alpha value is -3.08. The van der Waals surface area contributed by atoms with Crippen LogP contribution < -0.4 is 15.4 Å². The van der Waals surface area contributed by atoms with Crippen LogP contribution in [0.1, 0.15) is 11.1 Å². The van der Waals surface area contributed by atoms with E-state index in [9.17, 15) is 9.59 Å². The van der Waals surface area contributed by atoms with E-state index in [4.69, 9.17) is 4.74 Å². The first-order valence-electron chi connectivity index (χ1n) is 7.29. The van der Waals surface area contributed by atoms with E-state index < -0.39 is 11.9 Å². The van der Waals surface area contributed by atoms with E-state index in [-0.39, 0.29) is 0 Å². The molecule has 2 N–H and O–H groups in total. The van der Waals surface area contributed by atoms with Gasteiger partial charge in [0.2, 0.25) is 0 Å². The van der Waals surface area contributed by atoms with Crippen molar-refractivity contribution in [2.75, 3.05) is 0 Å². The standard InChI is InChI=1S/C18H16N2O3/c21-17-16(19-18(22)20-17)11-8-13-6-9-15(10-7-13)23-12-14-4-2-1-3-5-14/h1-7,9-11H,8,12H2,(H2,19,20,21,22). The zero-order chi connectivity index (χ0) is 16.1. The van der Waals surface area contributed by atoms with Gasteiger partial charge >= 0.3 is 6.03 Å². The van der Waals surface area contributed by atoms with E-state index in [0.717, 1.165) is 16.9 Å². The second-order valence-electron chi connectivity index (χ2n) is 5.15. The van der Waals surface area contributed by atoms with Crippen LogP contribution in [0.25, 0.3) is 0 Å². The number of ether oxygens (including phenoxy) is 1. The van der Waals surface area contributed by atoms with Gasteiger partial charge in [0.1, 0.15) is 18.1 Å². The Labute approximate surface area is 134 Å². The third-order valence-electron chi connectivity index (χ3n) is 3.43. The second kappa shape index (κ2) is 6.79. The molecule has 0 atom stereocenters. The molecule has 1 heterocycles. The van der Waals surface area contributed by atoms with Gasteiger partial charge in [0, 0.05) is 0 Å². The molecule has 2 aromatic rings. The van der Waals surface area contributed by atoms with Crippen LogP contribution in [0.3, 0.4) is 0 Å². The van der Waals surface area contributed by atoms with Crippen molar-refractivity contribution >= 4 is 11.9 Å². The minimum atomic E-state index is -0.481. The molecule has 0 aromatic heterocycles. The second-order valence-corrected chi connectivity index (χ2v) is 5.15. The van der Waals surface area contributed by atoms with Crippen LogP contribution in [-0.4, -0.2) is 11.9 Å². The summed E-state index contributed by atoms with van der Waals surface area (Å²) in [6, 6.07) is 17.1. The van der Waals surface area contributed by atoms with Crippen LogP contribution in [-0.2, 0) is 17.8 Å². The average Bonchev–Trinajstić information content (AvgIpc) is 2.90. The number of amides is 3. The van der Waals surface area contributed by atoms with E-state index >= 15 is 0 Å². The lowest BCUT2D eigenvalue weighted by Crippen LogP contribution is -2.22. The van der Waals surface area contributed by atoms with Crippen molar-refractivity contribution in [3.63, 3.8) is 0 Å². The number of hydrogen-bond donors (Lipinski definition) is 2. The Kier molecular flexibility index (Phi) is 4.38. The maximum atomic E-state index is 11.4. The number of imide groups is 1. The highest BCUT2D eigenvalue weighted by atomic mass is 16.5. The van der Waals surface area contributed by atoms with Gasteiger partial charge in [0.25, 0.3) is 5.91 Å². The van der Waals surface area contributed by atoms with Crippen LogP contribution in [0, 0.1) is 0 Å². The summed E-state index contributed by atoms with van der Waals surface area (Å²) in [4.78, 5) is 22.4. The minimum Gasteiger partial charge on any atom is -0.489 e. The zero-order valence-corrected chi connectivity index (χ0v) is 12.4. The van der Waals surface area contributed by atoms with Gasteiger partial charge in [-0.05, 0) is 29.7 Å². The summed E-state index contributed by atoms with van der Waals surface area (Å²) in [6.07, 6.45) is 2.25.